The zero-order valence-corrected chi connectivity index (χ0v) is 12.9. The summed E-state index contributed by atoms with van der Waals surface area (Å²) in [5, 5.41) is 0. The number of likely N-dealkylation sites (tertiary alicyclic amines) is 1. The summed E-state index contributed by atoms with van der Waals surface area (Å²) in [5.74, 6) is -0.180. The zero-order valence-electron chi connectivity index (χ0n) is 12.9. The average molecular weight is 306 g/mol. The van der Waals surface area contributed by atoms with Crippen molar-refractivity contribution in [1.29, 1.82) is 0 Å². The van der Waals surface area contributed by atoms with Gasteiger partial charge in [0, 0.05) is 32.3 Å². The second-order valence-corrected chi connectivity index (χ2v) is 5.40. The van der Waals surface area contributed by atoms with Gasteiger partial charge in [-0.25, -0.2) is 0 Å². The van der Waals surface area contributed by atoms with Gasteiger partial charge in [0.05, 0.1) is 18.2 Å². The summed E-state index contributed by atoms with van der Waals surface area (Å²) in [6.45, 7) is 3.88. The third-order valence-corrected chi connectivity index (χ3v) is 4.02. The Kier molecular flexibility index (Phi) is 5.75. The van der Waals surface area contributed by atoms with Gasteiger partial charge in [0.25, 0.3) is 0 Å². The number of esters is 1. The lowest BCUT2D eigenvalue weighted by Crippen LogP contribution is -2.40. The number of ether oxygens (including phenoxy) is 1. The smallest absolute Gasteiger partial charge is 0.309 e. The maximum atomic E-state index is 12.2. The van der Waals surface area contributed by atoms with Gasteiger partial charge in [-0.1, -0.05) is 0 Å². The molecule has 6 nitrogen and oxygen atoms in total. The monoisotopic (exact) mass is 306 g/mol. The Labute approximate surface area is 130 Å². The average Bonchev–Trinajstić information content (AvgIpc) is 3.00. The van der Waals surface area contributed by atoms with Crippen LogP contribution in [-0.2, 0) is 20.9 Å². The molecular weight excluding hydrogens is 284 g/mol. The van der Waals surface area contributed by atoms with E-state index in [2.05, 4.69) is 0 Å². The van der Waals surface area contributed by atoms with E-state index in [1.165, 1.54) is 0 Å². The van der Waals surface area contributed by atoms with Gasteiger partial charge in [-0.15, -0.1) is 0 Å². The van der Waals surface area contributed by atoms with Crippen molar-refractivity contribution in [2.24, 2.45) is 5.92 Å². The first kappa shape index (κ1) is 16.3. The number of aryl methyl sites for hydroxylation is 1. The van der Waals surface area contributed by atoms with Crippen molar-refractivity contribution >= 4 is 18.2 Å². The molecule has 120 valence electrons. The van der Waals surface area contributed by atoms with Crippen molar-refractivity contribution in [2.75, 3.05) is 19.7 Å². The van der Waals surface area contributed by atoms with Gasteiger partial charge in [-0.2, -0.15) is 0 Å². The molecule has 6 heteroatoms. The number of carbonyl (C=O) groups is 3. The van der Waals surface area contributed by atoms with Crippen LogP contribution >= 0.6 is 0 Å². The zero-order chi connectivity index (χ0) is 15.9. The minimum absolute atomic E-state index is 0.0628. The normalized spacial score (nSPS) is 15.6. The predicted octanol–water partition coefficient (Wildman–Crippen LogP) is 1.49. The number of aromatic nitrogens is 1. The highest BCUT2D eigenvalue weighted by atomic mass is 16.5. The molecule has 0 aromatic carbocycles. The molecule has 0 radical (unpaired) electrons. The fraction of sp³-hybridized carbons (Fsp3) is 0.562. The Balaban J connectivity index is 1.78. The summed E-state index contributed by atoms with van der Waals surface area (Å²) in [7, 11) is 0. The molecule has 0 spiro atoms. The summed E-state index contributed by atoms with van der Waals surface area (Å²) in [4.78, 5) is 36.5. The number of nitrogens with zero attached hydrogens (tertiary/aromatic N) is 2. The van der Waals surface area contributed by atoms with Crippen LogP contribution in [0.3, 0.4) is 0 Å². The third-order valence-electron chi connectivity index (χ3n) is 4.02. The lowest BCUT2D eigenvalue weighted by Gasteiger charge is -2.31. The predicted molar refractivity (Wildman–Crippen MR) is 80.4 cm³/mol. The number of carbonyl (C=O) groups excluding carboxylic acids is 3. The Morgan fingerprint density at radius 3 is 2.73 bits per heavy atom. The van der Waals surface area contributed by atoms with Crippen molar-refractivity contribution in [3.8, 4) is 0 Å². The van der Waals surface area contributed by atoms with Gasteiger partial charge in [0.1, 0.15) is 0 Å². The minimum atomic E-state index is -0.155. The molecule has 0 saturated carbocycles. The van der Waals surface area contributed by atoms with Gasteiger partial charge in [-0.05, 0) is 31.9 Å². The Bertz CT molecular complexity index is 530. The Hall–Kier alpha value is -2.11. The topological polar surface area (TPSA) is 68.6 Å². The van der Waals surface area contributed by atoms with Crippen LogP contribution in [0.2, 0.25) is 0 Å². The number of aldehydes is 1. The summed E-state index contributed by atoms with van der Waals surface area (Å²) < 4.78 is 6.79. The van der Waals surface area contributed by atoms with Crippen LogP contribution in [0, 0.1) is 5.92 Å². The van der Waals surface area contributed by atoms with E-state index in [4.69, 9.17) is 4.74 Å². The highest BCUT2D eigenvalue weighted by Crippen LogP contribution is 2.19. The maximum Gasteiger partial charge on any atom is 0.309 e. The molecule has 1 aliphatic heterocycles. The molecular formula is C16H22N2O4. The molecule has 0 atom stereocenters. The summed E-state index contributed by atoms with van der Waals surface area (Å²) in [6, 6.07) is 3.52. The third kappa shape index (κ3) is 3.96. The SMILES string of the molecule is CCOC(=O)C1CCN(C(=O)CCn2cccc2C=O)CC1. The summed E-state index contributed by atoms with van der Waals surface area (Å²) >= 11 is 0. The quantitative estimate of drug-likeness (QED) is 0.590. The van der Waals surface area contributed by atoms with Crippen LogP contribution in [0.4, 0.5) is 0 Å². The molecule has 2 heterocycles. The van der Waals surface area contributed by atoms with Crippen LogP contribution in [0.1, 0.15) is 36.7 Å². The van der Waals surface area contributed by atoms with Gasteiger partial charge in [0.15, 0.2) is 6.29 Å². The highest BCUT2D eigenvalue weighted by molar-refractivity contribution is 5.77. The molecule has 0 N–H and O–H groups in total. The lowest BCUT2D eigenvalue weighted by molar-refractivity contribution is -0.151. The van der Waals surface area contributed by atoms with Gasteiger partial charge in [-0.3, -0.25) is 14.4 Å². The first-order valence-corrected chi connectivity index (χ1v) is 7.70. The lowest BCUT2D eigenvalue weighted by atomic mass is 9.97. The molecule has 0 bridgehead atoms. The van der Waals surface area contributed by atoms with E-state index in [-0.39, 0.29) is 17.8 Å². The maximum absolute atomic E-state index is 12.2. The molecule has 0 aliphatic carbocycles. The molecule has 22 heavy (non-hydrogen) atoms. The van der Waals surface area contributed by atoms with E-state index < -0.39 is 0 Å². The van der Waals surface area contributed by atoms with Crippen LogP contribution in [0.5, 0.6) is 0 Å². The summed E-state index contributed by atoms with van der Waals surface area (Å²) in [5.41, 5.74) is 0.578. The van der Waals surface area contributed by atoms with Crippen LogP contribution in [0.15, 0.2) is 18.3 Å². The van der Waals surface area contributed by atoms with E-state index >= 15 is 0 Å². The number of hydrogen-bond acceptors (Lipinski definition) is 4. The van der Waals surface area contributed by atoms with E-state index in [1.807, 2.05) is 0 Å². The van der Waals surface area contributed by atoms with Crippen molar-refractivity contribution in [3.63, 3.8) is 0 Å². The minimum Gasteiger partial charge on any atom is -0.466 e. The molecule has 1 fully saturated rings. The van der Waals surface area contributed by atoms with Crippen LogP contribution < -0.4 is 0 Å². The molecule has 1 saturated heterocycles. The fourth-order valence-electron chi connectivity index (χ4n) is 2.74. The molecule has 0 unspecified atom stereocenters. The van der Waals surface area contributed by atoms with E-state index in [0.717, 1.165) is 6.29 Å². The number of rotatable bonds is 6. The second-order valence-electron chi connectivity index (χ2n) is 5.40. The largest absolute Gasteiger partial charge is 0.466 e. The van der Waals surface area contributed by atoms with Gasteiger partial charge < -0.3 is 14.2 Å². The van der Waals surface area contributed by atoms with Gasteiger partial charge >= 0.3 is 5.97 Å². The van der Waals surface area contributed by atoms with Crippen molar-refractivity contribution < 1.29 is 19.1 Å². The molecule has 1 amide bonds. The van der Waals surface area contributed by atoms with E-state index in [0.29, 0.717) is 51.2 Å². The Morgan fingerprint density at radius 1 is 1.36 bits per heavy atom. The van der Waals surface area contributed by atoms with Crippen LogP contribution in [0.25, 0.3) is 0 Å². The number of piperidine rings is 1. The van der Waals surface area contributed by atoms with Crippen molar-refractivity contribution in [3.05, 3.63) is 24.0 Å². The molecule has 1 aliphatic rings. The molecule has 1 aromatic rings. The number of amides is 1. The molecule has 2 rings (SSSR count). The molecule has 1 aromatic heterocycles. The van der Waals surface area contributed by atoms with Gasteiger partial charge in [0.2, 0.25) is 5.91 Å². The fourth-order valence-corrected chi connectivity index (χ4v) is 2.74. The standard InChI is InChI=1S/C16H22N2O4/c1-2-22-16(21)13-5-9-18(10-6-13)15(20)7-11-17-8-3-4-14(17)12-19/h3-4,8,12-13H,2,5-7,9-11H2,1H3. The number of hydrogen-bond donors (Lipinski definition) is 0. The van der Waals surface area contributed by atoms with Crippen molar-refractivity contribution in [1.82, 2.24) is 9.47 Å². The van der Waals surface area contributed by atoms with E-state index in [1.54, 1.807) is 34.7 Å². The van der Waals surface area contributed by atoms with Crippen LogP contribution in [-0.4, -0.2) is 47.3 Å². The van der Waals surface area contributed by atoms with Crippen molar-refractivity contribution in [2.45, 2.75) is 32.7 Å². The Morgan fingerprint density at radius 2 is 2.09 bits per heavy atom. The first-order chi connectivity index (χ1) is 10.7. The highest BCUT2D eigenvalue weighted by Gasteiger charge is 2.27. The summed E-state index contributed by atoms with van der Waals surface area (Å²) in [6.07, 6.45) is 4.26. The van der Waals surface area contributed by atoms with E-state index in [9.17, 15) is 14.4 Å². The first-order valence-electron chi connectivity index (χ1n) is 7.70. The second kappa shape index (κ2) is 7.77.